The Morgan fingerprint density at radius 1 is 1.28 bits per heavy atom. The number of nitrogens with zero attached hydrogens (tertiary/aromatic N) is 1. The molecule has 134 valence electrons. The number of nitrogens with one attached hydrogen (secondary N) is 1. The fraction of sp³-hybridized carbons (Fsp3) is 0.389. The van der Waals surface area contributed by atoms with Crippen LogP contribution in [0.4, 0.5) is 5.69 Å². The predicted octanol–water partition coefficient (Wildman–Crippen LogP) is 3.46. The zero-order chi connectivity index (χ0) is 18.2. The van der Waals surface area contributed by atoms with Gasteiger partial charge in [-0.3, -0.25) is 9.52 Å². The number of carbonyl (C=O) groups is 1. The summed E-state index contributed by atoms with van der Waals surface area (Å²) in [7, 11) is -3.62. The lowest BCUT2D eigenvalue weighted by Crippen LogP contribution is -2.34. The molecule has 0 atom stereocenters. The molecule has 25 heavy (non-hydrogen) atoms. The summed E-state index contributed by atoms with van der Waals surface area (Å²) in [4.78, 5) is 14.7. The Labute approximate surface area is 152 Å². The highest BCUT2D eigenvalue weighted by molar-refractivity contribution is 7.94. The van der Waals surface area contributed by atoms with Crippen LogP contribution in [0.3, 0.4) is 0 Å². The number of hydrogen-bond acceptors (Lipinski definition) is 4. The molecule has 0 spiro atoms. The van der Waals surface area contributed by atoms with E-state index in [1.54, 1.807) is 17.0 Å². The molecule has 1 aliphatic heterocycles. The Balaban J connectivity index is 1.85. The van der Waals surface area contributed by atoms with E-state index in [1.165, 1.54) is 11.3 Å². The maximum atomic E-state index is 12.7. The second-order valence-corrected chi connectivity index (χ2v) is 9.40. The molecule has 0 saturated heterocycles. The lowest BCUT2D eigenvalue weighted by atomic mass is 10.1. The van der Waals surface area contributed by atoms with E-state index in [0.29, 0.717) is 35.8 Å². The molecular formula is C18H22N2O3S2. The lowest BCUT2D eigenvalue weighted by Gasteiger charge is -2.26. The van der Waals surface area contributed by atoms with Gasteiger partial charge in [0.25, 0.3) is 10.0 Å². The van der Waals surface area contributed by atoms with Crippen molar-refractivity contribution < 1.29 is 13.2 Å². The molecule has 0 saturated carbocycles. The van der Waals surface area contributed by atoms with Gasteiger partial charge in [0.05, 0.1) is 5.69 Å². The summed E-state index contributed by atoms with van der Waals surface area (Å²) >= 11 is 1.30. The Kier molecular flexibility index (Phi) is 4.88. The SMILES string of the molecule is CCC(=O)N1CCc2sc(S(=O)(=O)Nc3ccc(C)cc3C)cc2C1. The van der Waals surface area contributed by atoms with Gasteiger partial charge in [-0.2, -0.15) is 0 Å². The number of amides is 1. The van der Waals surface area contributed by atoms with Gasteiger partial charge in [-0.15, -0.1) is 11.3 Å². The summed E-state index contributed by atoms with van der Waals surface area (Å²) in [5.74, 6) is 0.106. The minimum absolute atomic E-state index is 0.106. The van der Waals surface area contributed by atoms with E-state index in [1.807, 2.05) is 32.9 Å². The second-order valence-electron chi connectivity index (χ2n) is 6.36. The first kappa shape index (κ1) is 17.9. The number of rotatable bonds is 4. The van der Waals surface area contributed by atoms with Gasteiger partial charge in [0.2, 0.25) is 5.91 Å². The van der Waals surface area contributed by atoms with Crippen molar-refractivity contribution >= 4 is 33.0 Å². The van der Waals surface area contributed by atoms with Crippen LogP contribution in [0, 0.1) is 13.8 Å². The molecule has 0 aliphatic carbocycles. The monoisotopic (exact) mass is 378 g/mol. The topological polar surface area (TPSA) is 66.5 Å². The van der Waals surface area contributed by atoms with Gasteiger partial charge in [-0.25, -0.2) is 8.42 Å². The van der Waals surface area contributed by atoms with Crippen LogP contribution in [0.25, 0.3) is 0 Å². The van der Waals surface area contributed by atoms with E-state index in [4.69, 9.17) is 0 Å². The first-order valence-electron chi connectivity index (χ1n) is 8.29. The molecular weight excluding hydrogens is 356 g/mol. The highest BCUT2D eigenvalue weighted by Gasteiger charge is 2.26. The number of fused-ring (bicyclic) bond motifs is 1. The minimum Gasteiger partial charge on any atom is -0.338 e. The van der Waals surface area contributed by atoms with E-state index in [-0.39, 0.29) is 5.91 Å². The number of aryl methyl sites for hydroxylation is 2. The third-order valence-electron chi connectivity index (χ3n) is 4.39. The maximum absolute atomic E-state index is 12.7. The molecule has 2 heterocycles. The summed E-state index contributed by atoms with van der Waals surface area (Å²) in [6, 6.07) is 7.34. The first-order valence-corrected chi connectivity index (χ1v) is 10.6. The van der Waals surface area contributed by atoms with Gasteiger partial charge in [0, 0.05) is 24.4 Å². The van der Waals surface area contributed by atoms with E-state index < -0.39 is 10.0 Å². The number of anilines is 1. The number of carbonyl (C=O) groups excluding carboxylic acids is 1. The number of thiophene rings is 1. The molecule has 5 nitrogen and oxygen atoms in total. The molecule has 1 aliphatic rings. The Bertz CT molecular complexity index is 916. The molecule has 1 amide bonds. The van der Waals surface area contributed by atoms with Crippen molar-refractivity contribution in [3.05, 3.63) is 45.8 Å². The quantitative estimate of drug-likeness (QED) is 0.886. The van der Waals surface area contributed by atoms with E-state index in [9.17, 15) is 13.2 Å². The number of sulfonamides is 1. The van der Waals surface area contributed by atoms with Crippen LogP contribution >= 0.6 is 11.3 Å². The molecule has 3 rings (SSSR count). The van der Waals surface area contributed by atoms with Gasteiger partial charge < -0.3 is 4.90 Å². The van der Waals surface area contributed by atoms with Crippen molar-refractivity contribution in [3.8, 4) is 0 Å². The summed E-state index contributed by atoms with van der Waals surface area (Å²) in [5, 5.41) is 0. The second kappa shape index (κ2) is 6.80. The van der Waals surface area contributed by atoms with E-state index in [2.05, 4.69) is 4.72 Å². The smallest absolute Gasteiger partial charge is 0.271 e. The highest BCUT2D eigenvalue weighted by Crippen LogP contribution is 2.32. The van der Waals surface area contributed by atoms with Crippen LogP contribution in [-0.2, 0) is 27.8 Å². The van der Waals surface area contributed by atoms with Gasteiger partial charge in [0.15, 0.2) is 0 Å². The van der Waals surface area contributed by atoms with Crippen molar-refractivity contribution in [1.82, 2.24) is 4.90 Å². The lowest BCUT2D eigenvalue weighted by molar-refractivity contribution is -0.131. The van der Waals surface area contributed by atoms with Crippen LogP contribution in [-0.4, -0.2) is 25.8 Å². The number of hydrogen-bond donors (Lipinski definition) is 1. The third kappa shape index (κ3) is 3.72. The third-order valence-corrected chi connectivity index (χ3v) is 7.47. The summed E-state index contributed by atoms with van der Waals surface area (Å²) in [5.41, 5.74) is 3.52. The van der Waals surface area contributed by atoms with Crippen molar-refractivity contribution in [2.24, 2.45) is 0 Å². The number of benzene rings is 1. The van der Waals surface area contributed by atoms with Crippen LogP contribution in [0.15, 0.2) is 28.5 Å². The summed E-state index contributed by atoms with van der Waals surface area (Å²) in [6.07, 6.45) is 1.18. The Hall–Kier alpha value is -1.86. The molecule has 0 radical (unpaired) electrons. The molecule has 0 bridgehead atoms. The molecule has 2 aromatic rings. The molecule has 0 unspecified atom stereocenters. The van der Waals surface area contributed by atoms with E-state index in [0.717, 1.165) is 21.6 Å². The zero-order valence-corrected chi connectivity index (χ0v) is 16.3. The zero-order valence-electron chi connectivity index (χ0n) is 14.6. The molecule has 1 aromatic carbocycles. The van der Waals surface area contributed by atoms with Crippen LogP contribution in [0.1, 0.15) is 34.9 Å². The van der Waals surface area contributed by atoms with E-state index >= 15 is 0 Å². The molecule has 0 fully saturated rings. The maximum Gasteiger partial charge on any atom is 0.271 e. The normalized spacial score (nSPS) is 14.3. The van der Waals surface area contributed by atoms with Crippen LogP contribution < -0.4 is 4.72 Å². The van der Waals surface area contributed by atoms with Gasteiger partial charge in [-0.05, 0) is 43.5 Å². The van der Waals surface area contributed by atoms with Gasteiger partial charge in [-0.1, -0.05) is 24.6 Å². The first-order chi connectivity index (χ1) is 11.8. The predicted molar refractivity (Wildman–Crippen MR) is 100 cm³/mol. The van der Waals surface area contributed by atoms with Crippen molar-refractivity contribution in [2.45, 2.75) is 44.4 Å². The van der Waals surface area contributed by atoms with Crippen LogP contribution in [0.2, 0.25) is 0 Å². The average Bonchev–Trinajstić information content (AvgIpc) is 3.01. The largest absolute Gasteiger partial charge is 0.338 e. The Morgan fingerprint density at radius 2 is 2.04 bits per heavy atom. The van der Waals surface area contributed by atoms with Crippen molar-refractivity contribution in [3.63, 3.8) is 0 Å². The standard InChI is InChI=1S/C18H22N2O3S2/c1-4-17(21)20-8-7-16-14(11-20)10-18(24-16)25(22,23)19-15-6-5-12(2)9-13(15)3/h5-6,9-10,19H,4,7-8,11H2,1-3H3. The summed E-state index contributed by atoms with van der Waals surface area (Å²) < 4.78 is 28.5. The highest BCUT2D eigenvalue weighted by atomic mass is 32.2. The fourth-order valence-corrected chi connectivity index (χ4v) is 5.67. The fourth-order valence-electron chi connectivity index (χ4n) is 3.00. The molecule has 1 N–H and O–H groups in total. The van der Waals surface area contributed by atoms with Gasteiger partial charge in [0.1, 0.15) is 4.21 Å². The van der Waals surface area contributed by atoms with Gasteiger partial charge >= 0.3 is 0 Å². The van der Waals surface area contributed by atoms with Crippen molar-refractivity contribution in [2.75, 3.05) is 11.3 Å². The minimum atomic E-state index is -3.62. The Morgan fingerprint density at radius 3 is 2.72 bits per heavy atom. The summed E-state index contributed by atoms with van der Waals surface area (Å²) in [6.45, 7) is 6.86. The molecule has 1 aromatic heterocycles. The molecule has 7 heteroatoms. The average molecular weight is 379 g/mol. The van der Waals surface area contributed by atoms with Crippen LogP contribution in [0.5, 0.6) is 0 Å². The van der Waals surface area contributed by atoms with Crippen molar-refractivity contribution in [1.29, 1.82) is 0 Å².